The van der Waals surface area contributed by atoms with Crippen LogP contribution in [-0.4, -0.2) is 81.3 Å². The Hall–Kier alpha value is -4.02. The van der Waals surface area contributed by atoms with Crippen LogP contribution in [0, 0.1) is 0 Å². The van der Waals surface area contributed by atoms with Crippen molar-refractivity contribution in [1.29, 1.82) is 0 Å². The van der Waals surface area contributed by atoms with Gasteiger partial charge in [0.15, 0.2) is 0 Å². The second-order valence-electron chi connectivity index (χ2n) is 9.52. The normalized spacial score (nSPS) is 19.1. The molecule has 5 amide bonds. The van der Waals surface area contributed by atoms with Crippen LogP contribution >= 0.6 is 0 Å². The minimum Gasteiger partial charge on any atom is -0.368 e. The fourth-order valence-electron chi connectivity index (χ4n) is 4.86. The number of aromatic nitrogens is 2. The molecule has 0 spiro atoms. The molecule has 1 aliphatic heterocycles. The topological polar surface area (TPSA) is 151 Å². The molecular weight excluding hydrogens is 474 g/mol. The van der Waals surface area contributed by atoms with Gasteiger partial charge in [0.25, 0.3) is 5.91 Å². The first-order chi connectivity index (χ1) is 17.9. The monoisotopic (exact) mass is 507 g/mol. The third-order valence-corrected chi connectivity index (χ3v) is 6.89. The Balaban J connectivity index is 1.51. The smallest absolute Gasteiger partial charge is 0.318 e. The highest BCUT2D eigenvalue weighted by atomic mass is 16.2. The summed E-state index contributed by atoms with van der Waals surface area (Å²) in [4.78, 5) is 63.1. The number of nitrogens with zero attached hydrogens (tertiary/aromatic N) is 4. The number of hydrogen-bond acceptors (Lipinski definition) is 6. The Morgan fingerprint density at radius 2 is 1.73 bits per heavy atom. The number of hydrogen-bond donors (Lipinski definition) is 3. The van der Waals surface area contributed by atoms with Crippen LogP contribution in [0.15, 0.2) is 49.1 Å². The van der Waals surface area contributed by atoms with E-state index in [1.165, 1.54) is 16.0 Å². The molecule has 2 aromatic heterocycles. The van der Waals surface area contributed by atoms with Gasteiger partial charge in [0.2, 0.25) is 11.8 Å². The molecule has 196 valence electrons. The van der Waals surface area contributed by atoms with E-state index in [-0.39, 0.29) is 44.0 Å². The Morgan fingerprint density at radius 1 is 1.00 bits per heavy atom. The van der Waals surface area contributed by atoms with Crippen molar-refractivity contribution in [2.75, 3.05) is 19.6 Å². The van der Waals surface area contributed by atoms with E-state index < -0.39 is 23.9 Å². The highest BCUT2D eigenvalue weighted by Crippen LogP contribution is 2.19. The van der Waals surface area contributed by atoms with Crippen LogP contribution in [0.2, 0.25) is 0 Å². The first kappa shape index (κ1) is 26.1. The quantitative estimate of drug-likeness (QED) is 0.506. The summed E-state index contributed by atoms with van der Waals surface area (Å²) in [6.07, 6.45) is 11.5. The van der Waals surface area contributed by atoms with Gasteiger partial charge in [-0.05, 0) is 36.6 Å². The van der Waals surface area contributed by atoms with Crippen LogP contribution in [0.5, 0.6) is 0 Å². The van der Waals surface area contributed by atoms with Gasteiger partial charge in [-0.1, -0.05) is 25.3 Å². The number of pyridine rings is 2. The number of piperazine rings is 1. The van der Waals surface area contributed by atoms with Gasteiger partial charge in [-0.3, -0.25) is 24.4 Å². The van der Waals surface area contributed by atoms with Gasteiger partial charge < -0.3 is 26.2 Å². The number of nitrogens with two attached hydrogens (primary N) is 1. The van der Waals surface area contributed by atoms with E-state index in [2.05, 4.69) is 20.6 Å². The maximum absolute atomic E-state index is 13.5. The Bertz CT molecular complexity index is 1090. The van der Waals surface area contributed by atoms with Crippen molar-refractivity contribution in [2.24, 2.45) is 5.73 Å². The average molecular weight is 508 g/mol. The number of primary amides is 1. The second kappa shape index (κ2) is 12.3. The number of carbonyl (C=O) groups excluding carboxylic acids is 4. The average Bonchev–Trinajstić information content (AvgIpc) is 2.93. The van der Waals surface area contributed by atoms with Crippen molar-refractivity contribution in [3.63, 3.8) is 0 Å². The SMILES string of the molecule is NC(=O)[C@@H](Cc1cccnc1)NC(=O)[C@H]1CN(C(=O)c2cccnc2)CCN1C(=O)NC1CCCCC1. The van der Waals surface area contributed by atoms with E-state index in [4.69, 9.17) is 5.73 Å². The van der Waals surface area contributed by atoms with Gasteiger partial charge in [0.1, 0.15) is 12.1 Å². The lowest BCUT2D eigenvalue weighted by Crippen LogP contribution is -2.65. The molecule has 3 heterocycles. The minimum absolute atomic E-state index is 0.0178. The molecule has 4 N–H and O–H groups in total. The molecule has 0 unspecified atom stereocenters. The minimum atomic E-state index is -0.996. The fraction of sp³-hybridized carbons (Fsp3) is 0.462. The third kappa shape index (κ3) is 6.81. The molecule has 2 fully saturated rings. The van der Waals surface area contributed by atoms with Gasteiger partial charge in [-0.2, -0.15) is 0 Å². The fourth-order valence-corrected chi connectivity index (χ4v) is 4.86. The number of urea groups is 1. The zero-order chi connectivity index (χ0) is 26.2. The molecule has 1 aliphatic carbocycles. The summed E-state index contributed by atoms with van der Waals surface area (Å²) in [5, 5.41) is 5.77. The first-order valence-electron chi connectivity index (χ1n) is 12.7. The van der Waals surface area contributed by atoms with E-state index in [1.54, 1.807) is 42.9 Å². The van der Waals surface area contributed by atoms with Gasteiger partial charge in [0.05, 0.1) is 12.1 Å². The molecule has 0 bridgehead atoms. The van der Waals surface area contributed by atoms with Crippen LogP contribution in [0.3, 0.4) is 0 Å². The predicted octanol–water partition coefficient (Wildman–Crippen LogP) is 0.858. The summed E-state index contributed by atoms with van der Waals surface area (Å²) in [6.45, 7) is 0.424. The molecule has 0 aromatic carbocycles. The number of nitrogens with one attached hydrogen (secondary N) is 2. The molecule has 1 saturated carbocycles. The molecule has 37 heavy (non-hydrogen) atoms. The van der Waals surface area contributed by atoms with Crippen molar-refractivity contribution in [3.8, 4) is 0 Å². The van der Waals surface area contributed by atoms with Gasteiger partial charge in [0, 0.05) is 50.3 Å². The standard InChI is InChI=1S/C26H33N7O4/c27-23(34)21(14-18-6-4-10-28-15-18)31-24(35)22-17-32(25(36)19-7-5-11-29-16-19)12-13-33(22)26(37)30-20-8-2-1-3-9-20/h4-7,10-11,15-16,20-22H,1-3,8-9,12-14,17H2,(H2,27,34)(H,30,37)(H,31,35)/t21-,22-/m1/s1. The van der Waals surface area contributed by atoms with E-state index in [1.807, 2.05) is 0 Å². The molecular formula is C26H33N7O4. The maximum atomic E-state index is 13.5. The van der Waals surface area contributed by atoms with Crippen LogP contribution in [0.4, 0.5) is 4.79 Å². The van der Waals surface area contributed by atoms with Crippen molar-refractivity contribution >= 4 is 23.8 Å². The lowest BCUT2D eigenvalue weighted by molar-refractivity contribution is -0.131. The van der Waals surface area contributed by atoms with E-state index in [0.717, 1.165) is 37.7 Å². The largest absolute Gasteiger partial charge is 0.368 e. The number of amides is 5. The summed E-state index contributed by atoms with van der Waals surface area (Å²) >= 11 is 0. The third-order valence-electron chi connectivity index (χ3n) is 6.89. The van der Waals surface area contributed by atoms with Gasteiger partial charge in [-0.25, -0.2) is 4.79 Å². The number of carbonyl (C=O) groups is 4. The second-order valence-corrected chi connectivity index (χ2v) is 9.52. The van der Waals surface area contributed by atoms with E-state index >= 15 is 0 Å². The highest BCUT2D eigenvalue weighted by molar-refractivity contribution is 5.96. The van der Waals surface area contributed by atoms with Crippen molar-refractivity contribution < 1.29 is 19.2 Å². The van der Waals surface area contributed by atoms with Crippen molar-refractivity contribution in [3.05, 3.63) is 60.2 Å². The maximum Gasteiger partial charge on any atom is 0.318 e. The summed E-state index contributed by atoms with van der Waals surface area (Å²) in [5.41, 5.74) is 6.72. The summed E-state index contributed by atoms with van der Waals surface area (Å²) in [5.74, 6) is -1.52. The molecule has 1 saturated heterocycles. The molecule has 4 rings (SSSR count). The predicted molar refractivity (Wildman–Crippen MR) is 135 cm³/mol. The Kier molecular flexibility index (Phi) is 8.65. The van der Waals surface area contributed by atoms with Crippen molar-refractivity contribution in [2.45, 2.75) is 56.7 Å². The van der Waals surface area contributed by atoms with Crippen LogP contribution in [0.1, 0.15) is 48.0 Å². The lowest BCUT2D eigenvalue weighted by Gasteiger charge is -2.41. The highest BCUT2D eigenvalue weighted by Gasteiger charge is 2.39. The summed E-state index contributed by atoms with van der Waals surface area (Å²) < 4.78 is 0. The lowest BCUT2D eigenvalue weighted by atomic mass is 9.95. The zero-order valence-electron chi connectivity index (χ0n) is 20.7. The van der Waals surface area contributed by atoms with Gasteiger partial charge in [-0.15, -0.1) is 0 Å². The van der Waals surface area contributed by atoms with Crippen LogP contribution in [-0.2, 0) is 16.0 Å². The molecule has 2 atom stereocenters. The zero-order valence-corrected chi connectivity index (χ0v) is 20.7. The molecule has 2 aliphatic rings. The molecule has 11 heteroatoms. The Morgan fingerprint density at radius 3 is 2.38 bits per heavy atom. The van der Waals surface area contributed by atoms with Crippen molar-refractivity contribution in [1.82, 2.24) is 30.4 Å². The molecule has 2 aromatic rings. The Labute approximate surface area is 215 Å². The molecule has 11 nitrogen and oxygen atoms in total. The van der Waals surface area contributed by atoms with E-state index in [9.17, 15) is 19.2 Å². The summed E-state index contributed by atoms with van der Waals surface area (Å²) in [7, 11) is 0. The first-order valence-corrected chi connectivity index (χ1v) is 12.7. The summed E-state index contributed by atoms with van der Waals surface area (Å²) in [6, 6.07) is 4.57. The van der Waals surface area contributed by atoms with E-state index in [0.29, 0.717) is 5.56 Å². The van der Waals surface area contributed by atoms with Crippen LogP contribution < -0.4 is 16.4 Å². The van der Waals surface area contributed by atoms with Crippen LogP contribution in [0.25, 0.3) is 0 Å². The number of rotatable bonds is 7. The van der Waals surface area contributed by atoms with Gasteiger partial charge >= 0.3 is 6.03 Å². The molecule has 0 radical (unpaired) electrons.